The van der Waals surface area contributed by atoms with Crippen LogP contribution in [0.2, 0.25) is 0 Å². The first-order chi connectivity index (χ1) is 6.10. The number of hydrogen-bond acceptors (Lipinski definition) is 2. The van der Waals surface area contributed by atoms with Crippen LogP contribution < -0.4 is 0 Å². The van der Waals surface area contributed by atoms with E-state index in [0.29, 0.717) is 6.42 Å². The molecule has 2 heteroatoms. The van der Waals surface area contributed by atoms with E-state index in [1.807, 2.05) is 32.1 Å². The van der Waals surface area contributed by atoms with Crippen LogP contribution in [0.3, 0.4) is 0 Å². The van der Waals surface area contributed by atoms with Gasteiger partial charge in [0.05, 0.1) is 6.42 Å². The highest BCUT2D eigenvalue weighted by molar-refractivity contribution is 5.71. The maximum atomic E-state index is 11.2. The lowest BCUT2D eigenvalue weighted by atomic mass is 10.0. The van der Waals surface area contributed by atoms with Gasteiger partial charge in [0.25, 0.3) is 0 Å². The third kappa shape index (κ3) is 3.92. The van der Waals surface area contributed by atoms with E-state index < -0.39 is 0 Å². The molecule has 0 spiro atoms. The van der Waals surface area contributed by atoms with Crippen LogP contribution in [0.4, 0.5) is 0 Å². The van der Waals surface area contributed by atoms with E-state index in [2.05, 4.69) is 6.08 Å². The van der Waals surface area contributed by atoms with Crippen LogP contribution >= 0.6 is 0 Å². The fourth-order valence-electron chi connectivity index (χ4n) is 1.25. The molecule has 0 saturated heterocycles. The van der Waals surface area contributed by atoms with Crippen LogP contribution in [0.5, 0.6) is 0 Å². The quantitative estimate of drug-likeness (QED) is 0.535. The monoisotopic (exact) mass is 180 g/mol. The van der Waals surface area contributed by atoms with E-state index >= 15 is 0 Å². The van der Waals surface area contributed by atoms with E-state index in [4.69, 9.17) is 4.74 Å². The molecule has 13 heavy (non-hydrogen) atoms. The summed E-state index contributed by atoms with van der Waals surface area (Å²) in [4.78, 5) is 11.2. The smallest absolute Gasteiger partial charge is 0.310 e. The maximum Gasteiger partial charge on any atom is 0.310 e. The largest absolute Gasteiger partial charge is 0.459 e. The van der Waals surface area contributed by atoms with Crippen molar-refractivity contribution in [2.24, 2.45) is 0 Å². The second-order valence-corrected chi connectivity index (χ2v) is 3.83. The van der Waals surface area contributed by atoms with Gasteiger partial charge < -0.3 is 4.74 Å². The minimum Gasteiger partial charge on any atom is -0.459 e. The fraction of sp³-hybridized carbons (Fsp3) is 0.545. The van der Waals surface area contributed by atoms with Gasteiger partial charge in [0, 0.05) is 0 Å². The molecule has 0 N–H and O–H groups in total. The Balaban J connectivity index is 2.64. The molecule has 0 amide bonds. The summed E-state index contributed by atoms with van der Waals surface area (Å²) in [5.74, 6) is -0.142. The second kappa shape index (κ2) is 4.26. The van der Waals surface area contributed by atoms with Crippen LogP contribution in [0.15, 0.2) is 24.3 Å². The SMILES string of the molecule is CC1(C)CC/C=C\C=C/CC(=O)O1. The lowest BCUT2D eigenvalue weighted by Gasteiger charge is -2.24. The van der Waals surface area contributed by atoms with Crippen LogP contribution in [0, 0.1) is 0 Å². The molecule has 0 aromatic rings. The summed E-state index contributed by atoms with van der Waals surface area (Å²) in [6.07, 6.45) is 9.98. The average molecular weight is 180 g/mol. The molecule has 0 unspecified atom stereocenters. The van der Waals surface area contributed by atoms with E-state index in [1.54, 1.807) is 0 Å². The summed E-state index contributed by atoms with van der Waals surface area (Å²) in [6.45, 7) is 3.90. The Morgan fingerprint density at radius 2 is 2.00 bits per heavy atom. The second-order valence-electron chi connectivity index (χ2n) is 3.83. The standard InChI is InChI=1S/C11H16O2/c1-11(2)9-7-5-3-4-6-8-10(12)13-11/h3-6H,7-9H2,1-2H3/b5-3-,6-4-. The van der Waals surface area contributed by atoms with Gasteiger partial charge in [-0.2, -0.15) is 0 Å². The van der Waals surface area contributed by atoms with Crippen molar-refractivity contribution in [2.45, 2.75) is 38.7 Å². The predicted molar refractivity (Wildman–Crippen MR) is 52.3 cm³/mol. The Bertz CT molecular complexity index is 236. The molecule has 1 aliphatic heterocycles. The van der Waals surface area contributed by atoms with Gasteiger partial charge in [-0.3, -0.25) is 4.79 Å². The van der Waals surface area contributed by atoms with Crippen molar-refractivity contribution in [2.75, 3.05) is 0 Å². The van der Waals surface area contributed by atoms with Gasteiger partial charge in [0.2, 0.25) is 0 Å². The van der Waals surface area contributed by atoms with Gasteiger partial charge in [-0.15, -0.1) is 0 Å². The zero-order chi connectivity index (χ0) is 9.73. The number of carbonyl (C=O) groups excluding carboxylic acids is 1. The topological polar surface area (TPSA) is 26.3 Å². The summed E-state index contributed by atoms with van der Waals surface area (Å²) in [6, 6.07) is 0. The molecule has 0 aromatic heterocycles. The summed E-state index contributed by atoms with van der Waals surface area (Å²) >= 11 is 0. The third-order valence-corrected chi connectivity index (χ3v) is 1.97. The summed E-state index contributed by atoms with van der Waals surface area (Å²) in [5, 5.41) is 0. The molecule has 72 valence electrons. The minimum absolute atomic E-state index is 0.142. The molecule has 0 fully saturated rings. The summed E-state index contributed by atoms with van der Waals surface area (Å²) < 4.78 is 5.29. The van der Waals surface area contributed by atoms with Crippen LogP contribution in [0.25, 0.3) is 0 Å². The normalized spacial score (nSPS) is 27.4. The first-order valence-electron chi connectivity index (χ1n) is 4.64. The van der Waals surface area contributed by atoms with Crippen LogP contribution in [0.1, 0.15) is 33.1 Å². The first kappa shape index (κ1) is 10.0. The highest BCUT2D eigenvalue weighted by Gasteiger charge is 2.21. The third-order valence-electron chi connectivity index (χ3n) is 1.97. The number of cyclic esters (lactones) is 1. The molecule has 0 radical (unpaired) electrons. The molecule has 0 bridgehead atoms. The molecular weight excluding hydrogens is 164 g/mol. The average Bonchev–Trinajstić information content (AvgIpc) is 2.01. The Morgan fingerprint density at radius 1 is 1.31 bits per heavy atom. The molecule has 1 heterocycles. The van der Waals surface area contributed by atoms with Crippen molar-refractivity contribution in [3.8, 4) is 0 Å². The number of ether oxygens (including phenoxy) is 1. The summed E-state index contributed by atoms with van der Waals surface area (Å²) in [7, 11) is 0. The Kier molecular flexibility index (Phi) is 3.29. The molecule has 0 atom stereocenters. The summed E-state index contributed by atoms with van der Waals surface area (Å²) in [5.41, 5.74) is -0.327. The van der Waals surface area contributed by atoms with Crippen LogP contribution in [-0.4, -0.2) is 11.6 Å². The minimum atomic E-state index is -0.327. The van der Waals surface area contributed by atoms with Crippen molar-refractivity contribution in [3.63, 3.8) is 0 Å². The lowest BCUT2D eigenvalue weighted by Crippen LogP contribution is -2.27. The van der Waals surface area contributed by atoms with Gasteiger partial charge in [-0.05, 0) is 26.7 Å². The van der Waals surface area contributed by atoms with Gasteiger partial charge in [-0.25, -0.2) is 0 Å². The van der Waals surface area contributed by atoms with Crippen molar-refractivity contribution in [1.29, 1.82) is 0 Å². The molecule has 1 aliphatic rings. The fourth-order valence-corrected chi connectivity index (χ4v) is 1.25. The maximum absolute atomic E-state index is 11.2. The van der Waals surface area contributed by atoms with Gasteiger partial charge in [0.1, 0.15) is 5.60 Å². The van der Waals surface area contributed by atoms with E-state index in [9.17, 15) is 4.79 Å². The first-order valence-corrected chi connectivity index (χ1v) is 4.64. The highest BCUT2D eigenvalue weighted by atomic mass is 16.6. The zero-order valence-corrected chi connectivity index (χ0v) is 8.25. The molecule has 0 saturated carbocycles. The Morgan fingerprint density at radius 3 is 2.77 bits per heavy atom. The Hall–Kier alpha value is -1.05. The lowest BCUT2D eigenvalue weighted by molar-refractivity contribution is -0.155. The highest BCUT2D eigenvalue weighted by Crippen LogP contribution is 2.18. The van der Waals surface area contributed by atoms with Crippen LogP contribution in [-0.2, 0) is 9.53 Å². The number of hydrogen-bond donors (Lipinski definition) is 0. The predicted octanol–water partition coefficient (Wildman–Crippen LogP) is 2.60. The molecule has 1 rings (SSSR count). The number of allylic oxidation sites excluding steroid dienone is 3. The van der Waals surface area contributed by atoms with Gasteiger partial charge in [-0.1, -0.05) is 24.3 Å². The van der Waals surface area contributed by atoms with Gasteiger partial charge in [0.15, 0.2) is 0 Å². The van der Waals surface area contributed by atoms with E-state index in [1.165, 1.54) is 0 Å². The van der Waals surface area contributed by atoms with E-state index in [0.717, 1.165) is 12.8 Å². The van der Waals surface area contributed by atoms with Crippen molar-refractivity contribution in [3.05, 3.63) is 24.3 Å². The van der Waals surface area contributed by atoms with Crippen molar-refractivity contribution in [1.82, 2.24) is 0 Å². The van der Waals surface area contributed by atoms with Gasteiger partial charge >= 0.3 is 5.97 Å². The molecular formula is C11H16O2. The molecule has 0 aliphatic carbocycles. The van der Waals surface area contributed by atoms with E-state index in [-0.39, 0.29) is 11.6 Å². The number of rotatable bonds is 0. The molecule has 0 aromatic carbocycles. The zero-order valence-electron chi connectivity index (χ0n) is 8.25. The Labute approximate surface area is 79.3 Å². The number of esters is 1. The van der Waals surface area contributed by atoms with Crippen molar-refractivity contribution < 1.29 is 9.53 Å². The number of carbonyl (C=O) groups is 1. The van der Waals surface area contributed by atoms with Crippen molar-refractivity contribution >= 4 is 5.97 Å². The molecule has 2 nitrogen and oxygen atoms in total.